The first kappa shape index (κ1) is 13.9. The second-order valence-corrected chi connectivity index (χ2v) is 4.56. The number of benzene rings is 1. The molecule has 1 aliphatic rings. The van der Waals surface area contributed by atoms with Crippen molar-refractivity contribution < 1.29 is 19.7 Å². The number of phenols is 1. The van der Waals surface area contributed by atoms with Crippen LogP contribution in [0.3, 0.4) is 0 Å². The molecule has 9 heteroatoms. The van der Waals surface area contributed by atoms with Crippen LogP contribution in [-0.2, 0) is 4.79 Å². The van der Waals surface area contributed by atoms with Gasteiger partial charge in [-0.15, -0.1) is 0 Å². The van der Waals surface area contributed by atoms with Gasteiger partial charge in [0.05, 0.1) is 6.61 Å². The van der Waals surface area contributed by atoms with E-state index in [2.05, 4.69) is 20.8 Å². The van der Waals surface area contributed by atoms with Crippen molar-refractivity contribution in [2.24, 2.45) is 0 Å². The Kier molecular flexibility index (Phi) is 3.37. The maximum atomic E-state index is 11.2. The van der Waals surface area contributed by atoms with Gasteiger partial charge in [0.2, 0.25) is 5.95 Å². The number of ether oxygens (including phenoxy) is 1. The summed E-state index contributed by atoms with van der Waals surface area (Å²) >= 11 is 0. The number of anilines is 1. The quantitative estimate of drug-likeness (QED) is 0.756. The number of phenolic OH excluding ortho intramolecular Hbond substituents is 1. The molecule has 1 atom stereocenters. The zero-order chi connectivity index (χ0) is 15.7. The van der Waals surface area contributed by atoms with Crippen molar-refractivity contribution in [1.82, 2.24) is 20.2 Å². The van der Waals surface area contributed by atoms with E-state index in [-0.39, 0.29) is 17.4 Å². The van der Waals surface area contributed by atoms with Crippen LogP contribution >= 0.6 is 0 Å². The van der Waals surface area contributed by atoms with E-state index < -0.39 is 12.0 Å². The number of aliphatic carboxylic acids is 1. The molecular formula is C13H13N5O4. The number of carboxylic acid groups (broad SMARTS) is 1. The molecule has 22 heavy (non-hydrogen) atoms. The van der Waals surface area contributed by atoms with E-state index in [1.807, 2.05) is 0 Å². The van der Waals surface area contributed by atoms with Crippen molar-refractivity contribution in [3.63, 3.8) is 0 Å². The highest BCUT2D eigenvalue weighted by atomic mass is 16.5. The number of fused-ring (bicyclic) bond motifs is 1. The number of tetrazole rings is 1. The van der Waals surface area contributed by atoms with Gasteiger partial charge in [-0.2, -0.15) is 4.68 Å². The predicted octanol–water partition coefficient (Wildman–Crippen LogP) is 0.761. The molecule has 114 valence electrons. The second kappa shape index (κ2) is 5.35. The number of hydrogen-bond donors (Lipinski definition) is 3. The Morgan fingerprint density at radius 3 is 3.05 bits per heavy atom. The third kappa shape index (κ3) is 2.32. The first-order chi connectivity index (χ1) is 10.6. The van der Waals surface area contributed by atoms with Crippen LogP contribution < -0.4 is 10.1 Å². The third-order valence-electron chi connectivity index (χ3n) is 3.18. The van der Waals surface area contributed by atoms with Crippen molar-refractivity contribution in [2.45, 2.75) is 13.0 Å². The van der Waals surface area contributed by atoms with Crippen LogP contribution in [0.1, 0.15) is 18.5 Å². The fourth-order valence-corrected chi connectivity index (χ4v) is 2.20. The number of aromatic nitrogens is 4. The van der Waals surface area contributed by atoms with E-state index in [9.17, 15) is 15.0 Å². The molecule has 0 aliphatic carbocycles. The summed E-state index contributed by atoms with van der Waals surface area (Å²) in [4.78, 5) is 11.2. The average molecular weight is 303 g/mol. The Bertz CT molecular complexity index is 755. The topological polar surface area (TPSA) is 122 Å². The Labute approximate surface area is 124 Å². The molecule has 1 aliphatic heterocycles. The maximum absolute atomic E-state index is 11.2. The van der Waals surface area contributed by atoms with Crippen molar-refractivity contribution in [1.29, 1.82) is 0 Å². The van der Waals surface area contributed by atoms with E-state index >= 15 is 0 Å². The third-order valence-corrected chi connectivity index (χ3v) is 3.18. The molecule has 3 N–H and O–H groups in total. The highest BCUT2D eigenvalue weighted by molar-refractivity contribution is 5.90. The molecule has 1 aromatic carbocycles. The lowest BCUT2D eigenvalue weighted by molar-refractivity contribution is -0.132. The summed E-state index contributed by atoms with van der Waals surface area (Å²) in [5, 5.41) is 32.7. The lowest BCUT2D eigenvalue weighted by Crippen LogP contribution is -2.24. The molecule has 1 unspecified atom stereocenters. The van der Waals surface area contributed by atoms with Gasteiger partial charge in [-0.05, 0) is 41.1 Å². The molecule has 0 radical (unpaired) electrons. The van der Waals surface area contributed by atoms with Gasteiger partial charge in [0.1, 0.15) is 11.7 Å². The SMILES string of the molecule is CCOc1cc(C2C=C(C(=O)O)Nc3nnnn32)ccc1O. The Hall–Kier alpha value is -3.10. The number of hydrogen-bond acceptors (Lipinski definition) is 7. The molecule has 0 fully saturated rings. The summed E-state index contributed by atoms with van der Waals surface area (Å²) in [5.41, 5.74) is 0.674. The zero-order valence-corrected chi connectivity index (χ0v) is 11.6. The minimum Gasteiger partial charge on any atom is -0.504 e. The number of nitrogens with zero attached hydrogens (tertiary/aromatic N) is 4. The van der Waals surface area contributed by atoms with Crippen molar-refractivity contribution in [3.8, 4) is 11.5 Å². The van der Waals surface area contributed by atoms with Gasteiger partial charge in [0.25, 0.3) is 0 Å². The average Bonchev–Trinajstić information content (AvgIpc) is 2.97. The number of nitrogens with one attached hydrogen (secondary N) is 1. The molecule has 9 nitrogen and oxygen atoms in total. The van der Waals surface area contributed by atoms with Gasteiger partial charge >= 0.3 is 5.97 Å². The van der Waals surface area contributed by atoms with E-state index in [0.717, 1.165) is 0 Å². The minimum atomic E-state index is -1.11. The molecule has 0 bridgehead atoms. The molecule has 1 aromatic heterocycles. The Morgan fingerprint density at radius 2 is 2.32 bits per heavy atom. The van der Waals surface area contributed by atoms with Gasteiger partial charge in [-0.1, -0.05) is 11.2 Å². The van der Waals surface area contributed by atoms with Crippen LogP contribution in [0.15, 0.2) is 30.0 Å². The molecule has 3 rings (SSSR count). The lowest BCUT2D eigenvalue weighted by Gasteiger charge is -2.22. The minimum absolute atomic E-state index is 0.0129. The zero-order valence-electron chi connectivity index (χ0n) is 11.6. The van der Waals surface area contributed by atoms with E-state index in [1.54, 1.807) is 19.1 Å². The van der Waals surface area contributed by atoms with Crippen molar-refractivity contribution in [3.05, 3.63) is 35.5 Å². The molecule has 2 aromatic rings. The number of carboxylic acids is 1. The molecular weight excluding hydrogens is 290 g/mol. The molecule has 0 saturated heterocycles. The second-order valence-electron chi connectivity index (χ2n) is 4.56. The number of aromatic hydroxyl groups is 1. The Morgan fingerprint density at radius 1 is 1.50 bits per heavy atom. The van der Waals surface area contributed by atoms with E-state index in [1.165, 1.54) is 16.8 Å². The van der Waals surface area contributed by atoms with Crippen LogP contribution in [0.25, 0.3) is 0 Å². The van der Waals surface area contributed by atoms with Crippen molar-refractivity contribution in [2.75, 3.05) is 11.9 Å². The summed E-state index contributed by atoms with van der Waals surface area (Å²) in [6.07, 6.45) is 1.49. The Balaban J connectivity index is 2.07. The van der Waals surface area contributed by atoms with E-state index in [0.29, 0.717) is 17.9 Å². The molecule has 0 spiro atoms. The van der Waals surface area contributed by atoms with Crippen LogP contribution in [0.2, 0.25) is 0 Å². The maximum Gasteiger partial charge on any atom is 0.352 e. The summed E-state index contributed by atoms with van der Waals surface area (Å²) in [6.45, 7) is 2.20. The fourth-order valence-electron chi connectivity index (χ4n) is 2.20. The summed E-state index contributed by atoms with van der Waals surface area (Å²) < 4.78 is 6.80. The molecule has 0 saturated carbocycles. The lowest BCUT2D eigenvalue weighted by atomic mass is 10.0. The van der Waals surface area contributed by atoms with Gasteiger partial charge < -0.3 is 20.3 Å². The van der Waals surface area contributed by atoms with E-state index in [4.69, 9.17) is 4.74 Å². The standard InChI is InChI=1S/C13H13N5O4/c1-2-22-11-5-7(3-4-10(11)19)9-6-8(12(20)21)14-13-15-16-17-18(9)13/h3-6,9,19H,2H2,1H3,(H,20,21)(H,14,15,17). The summed E-state index contributed by atoms with van der Waals surface area (Å²) in [7, 11) is 0. The van der Waals surface area contributed by atoms with Gasteiger partial charge in [0.15, 0.2) is 11.5 Å². The smallest absolute Gasteiger partial charge is 0.352 e. The summed E-state index contributed by atoms with van der Waals surface area (Å²) in [5.74, 6) is -0.545. The monoisotopic (exact) mass is 303 g/mol. The van der Waals surface area contributed by atoms with Crippen molar-refractivity contribution >= 4 is 11.9 Å². The van der Waals surface area contributed by atoms with Crippen LogP contribution in [-0.4, -0.2) is 43.0 Å². The van der Waals surface area contributed by atoms with Gasteiger partial charge in [0, 0.05) is 0 Å². The fraction of sp³-hybridized carbons (Fsp3) is 0.231. The first-order valence-electron chi connectivity index (χ1n) is 6.56. The molecule has 2 heterocycles. The van der Waals surface area contributed by atoms with Crippen LogP contribution in [0.4, 0.5) is 5.95 Å². The predicted molar refractivity (Wildman–Crippen MR) is 74.6 cm³/mol. The van der Waals surface area contributed by atoms with Gasteiger partial charge in [-0.3, -0.25) is 0 Å². The first-order valence-corrected chi connectivity index (χ1v) is 6.56. The number of allylic oxidation sites excluding steroid dienone is 1. The van der Waals surface area contributed by atoms with Crippen LogP contribution in [0.5, 0.6) is 11.5 Å². The number of carbonyl (C=O) groups is 1. The molecule has 0 amide bonds. The summed E-state index contributed by atoms with van der Waals surface area (Å²) in [6, 6.07) is 4.27. The normalized spacial score (nSPS) is 16.4. The highest BCUT2D eigenvalue weighted by Crippen LogP contribution is 2.33. The number of rotatable bonds is 4. The highest BCUT2D eigenvalue weighted by Gasteiger charge is 2.27. The van der Waals surface area contributed by atoms with Crippen LogP contribution in [0, 0.1) is 0 Å². The largest absolute Gasteiger partial charge is 0.504 e. The van der Waals surface area contributed by atoms with Gasteiger partial charge in [-0.25, -0.2) is 4.79 Å².